The van der Waals surface area contributed by atoms with Crippen LogP contribution < -0.4 is 9.47 Å². The van der Waals surface area contributed by atoms with Gasteiger partial charge < -0.3 is 9.47 Å². The Bertz CT molecular complexity index is 989. The second-order valence-corrected chi connectivity index (χ2v) is 7.14. The molecule has 0 spiro atoms. The summed E-state index contributed by atoms with van der Waals surface area (Å²) in [6, 6.07) is 11.6. The number of nitrogens with zero attached hydrogens (tertiary/aromatic N) is 1. The molecule has 0 N–H and O–H groups in total. The number of nitro benzene ring substituents is 1. The quantitative estimate of drug-likeness (QED) is 0.186. The van der Waals surface area contributed by atoms with Crippen molar-refractivity contribution in [3.05, 3.63) is 81.4 Å². The zero-order chi connectivity index (χ0) is 21.5. The maximum atomic E-state index is 12.2. The summed E-state index contributed by atoms with van der Waals surface area (Å²) >= 11 is 0. The summed E-state index contributed by atoms with van der Waals surface area (Å²) in [5.74, 6) is 0.623. The van der Waals surface area contributed by atoms with Gasteiger partial charge >= 0.3 is 5.97 Å². The number of carbonyl (C=O) groups excluding carboxylic acids is 1. The van der Waals surface area contributed by atoms with Gasteiger partial charge in [0, 0.05) is 18.2 Å². The van der Waals surface area contributed by atoms with E-state index in [4.69, 9.17) is 9.47 Å². The molecular formula is C24H25NO5. The number of allylic oxidation sites excluding steroid dienone is 3. The molecule has 2 aromatic carbocycles. The van der Waals surface area contributed by atoms with Crippen molar-refractivity contribution in [3.63, 3.8) is 0 Å². The minimum absolute atomic E-state index is 0.0476. The van der Waals surface area contributed by atoms with Gasteiger partial charge in [-0.15, -0.1) is 0 Å². The van der Waals surface area contributed by atoms with Crippen LogP contribution in [0.3, 0.4) is 0 Å². The van der Waals surface area contributed by atoms with Gasteiger partial charge in [-0.2, -0.15) is 0 Å². The van der Waals surface area contributed by atoms with Gasteiger partial charge in [-0.05, 0) is 72.2 Å². The van der Waals surface area contributed by atoms with Crippen LogP contribution in [-0.4, -0.2) is 18.0 Å². The monoisotopic (exact) mass is 407 g/mol. The van der Waals surface area contributed by atoms with E-state index in [1.165, 1.54) is 47.0 Å². The topological polar surface area (TPSA) is 78.7 Å². The highest BCUT2D eigenvalue weighted by atomic mass is 16.6. The van der Waals surface area contributed by atoms with Crippen molar-refractivity contribution < 1.29 is 19.2 Å². The highest BCUT2D eigenvalue weighted by molar-refractivity contribution is 5.86. The molecule has 0 unspecified atom stereocenters. The lowest BCUT2D eigenvalue weighted by Gasteiger charge is -2.23. The Balaban J connectivity index is 1.78. The van der Waals surface area contributed by atoms with Crippen molar-refractivity contribution in [2.24, 2.45) is 0 Å². The number of unbranched alkanes of at least 4 members (excludes halogenated alkanes) is 1. The zero-order valence-electron chi connectivity index (χ0n) is 17.2. The number of nitro groups is 1. The number of fused-ring (bicyclic) bond motifs is 1. The Morgan fingerprint density at radius 1 is 1.13 bits per heavy atom. The van der Waals surface area contributed by atoms with Crippen LogP contribution in [0.4, 0.5) is 5.69 Å². The summed E-state index contributed by atoms with van der Waals surface area (Å²) in [6.07, 6.45) is 8.12. The summed E-state index contributed by atoms with van der Waals surface area (Å²) in [5.41, 5.74) is 4.85. The Labute approximate surface area is 176 Å². The van der Waals surface area contributed by atoms with E-state index in [1.54, 1.807) is 7.11 Å². The molecule has 3 rings (SSSR count). The van der Waals surface area contributed by atoms with Gasteiger partial charge in [-0.25, -0.2) is 4.79 Å². The van der Waals surface area contributed by atoms with Gasteiger partial charge in [0.2, 0.25) is 0 Å². The van der Waals surface area contributed by atoms with Gasteiger partial charge in [-0.1, -0.05) is 25.5 Å². The summed E-state index contributed by atoms with van der Waals surface area (Å²) in [6.45, 7) is 2.16. The fraction of sp³-hybridized carbons (Fsp3) is 0.292. The maximum Gasteiger partial charge on any atom is 0.336 e. The molecule has 6 heteroatoms. The summed E-state index contributed by atoms with van der Waals surface area (Å²) in [4.78, 5) is 22.5. The number of esters is 1. The Morgan fingerprint density at radius 2 is 1.87 bits per heavy atom. The molecule has 1 aliphatic carbocycles. The molecule has 0 saturated carbocycles. The van der Waals surface area contributed by atoms with Crippen molar-refractivity contribution in [1.82, 2.24) is 0 Å². The van der Waals surface area contributed by atoms with Gasteiger partial charge in [0.1, 0.15) is 11.5 Å². The van der Waals surface area contributed by atoms with Gasteiger partial charge in [0.15, 0.2) is 0 Å². The second kappa shape index (κ2) is 9.87. The SMILES string of the molecule is CCCCC1=C(C=CC(=O)Oc2ccc([N+](=O)[O-])cc2)CCc2cc(OC)ccc21. The molecule has 0 fully saturated rings. The van der Waals surface area contributed by atoms with Gasteiger partial charge in [0.25, 0.3) is 5.69 Å². The van der Waals surface area contributed by atoms with E-state index in [0.717, 1.165) is 43.4 Å². The van der Waals surface area contributed by atoms with E-state index in [-0.39, 0.29) is 11.4 Å². The van der Waals surface area contributed by atoms with Crippen molar-refractivity contribution in [2.75, 3.05) is 7.11 Å². The predicted molar refractivity (Wildman–Crippen MR) is 116 cm³/mol. The van der Waals surface area contributed by atoms with Crippen LogP contribution in [0.5, 0.6) is 11.5 Å². The first-order valence-corrected chi connectivity index (χ1v) is 10.1. The lowest BCUT2D eigenvalue weighted by Crippen LogP contribution is -2.07. The molecule has 30 heavy (non-hydrogen) atoms. The van der Waals surface area contributed by atoms with Crippen LogP contribution in [0.25, 0.3) is 5.57 Å². The molecule has 2 aromatic rings. The van der Waals surface area contributed by atoms with Crippen LogP contribution in [-0.2, 0) is 11.2 Å². The highest BCUT2D eigenvalue weighted by Crippen LogP contribution is 2.37. The fourth-order valence-electron chi connectivity index (χ4n) is 3.58. The van der Waals surface area contributed by atoms with Crippen LogP contribution in [0, 0.1) is 10.1 Å². The third-order valence-electron chi connectivity index (χ3n) is 5.16. The number of non-ortho nitro benzene ring substituents is 1. The Morgan fingerprint density at radius 3 is 2.53 bits per heavy atom. The molecule has 0 saturated heterocycles. The first-order chi connectivity index (χ1) is 14.5. The molecule has 1 aliphatic rings. The van der Waals surface area contributed by atoms with Gasteiger partial charge in [-0.3, -0.25) is 10.1 Å². The van der Waals surface area contributed by atoms with Crippen LogP contribution in [0.1, 0.15) is 43.7 Å². The molecule has 6 nitrogen and oxygen atoms in total. The lowest BCUT2D eigenvalue weighted by atomic mass is 9.83. The first-order valence-electron chi connectivity index (χ1n) is 10.1. The molecular weight excluding hydrogens is 382 g/mol. The number of aryl methyl sites for hydroxylation is 1. The number of benzene rings is 2. The second-order valence-electron chi connectivity index (χ2n) is 7.14. The lowest BCUT2D eigenvalue weighted by molar-refractivity contribution is -0.384. The van der Waals surface area contributed by atoms with Crippen molar-refractivity contribution in [3.8, 4) is 11.5 Å². The zero-order valence-corrected chi connectivity index (χ0v) is 17.2. The first kappa shape index (κ1) is 21.3. The van der Waals surface area contributed by atoms with E-state index >= 15 is 0 Å². The number of rotatable bonds is 8. The molecule has 0 amide bonds. The third-order valence-corrected chi connectivity index (χ3v) is 5.16. The largest absolute Gasteiger partial charge is 0.497 e. The van der Waals surface area contributed by atoms with Crippen LogP contribution in [0.15, 0.2) is 60.2 Å². The molecule has 156 valence electrons. The van der Waals surface area contributed by atoms with Crippen molar-refractivity contribution in [1.29, 1.82) is 0 Å². The standard InChI is InChI=1S/C24H25NO5/c1-3-4-5-22-17(6-7-18-16-21(29-2)13-14-23(18)22)8-15-24(26)30-20-11-9-19(10-12-20)25(27)28/h8-16H,3-7H2,1-2H3. The number of ether oxygens (including phenoxy) is 2. The molecule has 0 atom stereocenters. The number of methoxy groups -OCH3 is 1. The molecule has 0 radical (unpaired) electrons. The Hall–Kier alpha value is -3.41. The Kier molecular flexibility index (Phi) is 7.01. The molecule has 0 aromatic heterocycles. The van der Waals surface area contributed by atoms with E-state index in [9.17, 15) is 14.9 Å². The summed E-state index contributed by atoms with van der Waals surface area (Å²) in [5, 5.41) is 10.7. The normalized spacial score (nSPS) is 13.3. The summed E-state index contributed by atoms with van der Waals surface area (Å²) < 4.78 is 10.6. The predicted octanol–water partition coefficient (Wildman–Crippen LogP) is 5.66. The average molecular weight is 407 g/mol. The smallest absolute Gasteiger partial charge is 0.336 e. The number of hydrogen-bond acceptors (Lipinski definition) is 5. The summed E-state index contributed by atoms with van der Waals surface area (Å²) in [7, 11) is 1.67. The minimum Gasteiger partial charge on any atom is -0.497 e. The van der Waals surface area contributed by atoms with E-state index in [2.05, 4.69) is 19.1 Å². The van der Waals surface area contributed by atoms with Gasteiger partial charge in [0.05, 0.1) is 12.0 Å². The van der Waals surface area contributed by atoms with Crippen molar-refractivity contribution in [2.45, 2.75) is 39.0 Å². The van der Waals surface area contributed by atoms with E-state index < -0.39 is 10.9 Å². The molecule has 0 heterocycles. The molecule has 0 aliphatic heterocycles. The van der Waals surface area contributed by atoms with E-state index in [1.807, 2.05) is 12.1 Å². The fourth-order valence-corrected chi connectivity index (χ4v) is 3.58. The van der Waals surface area contributed by atoms with Crippen LogP contribution in [0.2, 0.25) is 0 Å². The average Bonchev–Trinajstić information content (AvgIpc) is 2.76. The minimum atomic E-state index is -0.508. The van der Waals surface area contributed by atoms with E-state index in [0.29, 0.717) is 0 Å². The van der Waals surface area contributed by atoms with Crippen LogP contribution >= 0.6 is 0 Å². The maximum absolute atomic E-state index is 12.2. The third kappa shape index (κ3) is 5.14. The molecule has 0 bridgehead atoms. The highest BCUT2D eigenvalue weighted by Gasteiger charge is 2.18. The number of carbonyl (C=O) groups is 1. The van der Waals surface area contributed by atoms with Crippen molar-refractivity contribution >= 4 is 17.2 Å². The number of hydrogen-bond donors (Lipinski definition) is 0.